The Balaban J connectivity index is 0. The van der Waals surface area contributed by atoms with Gasteiger partial charge in [-0.25, -0.2) is 0 Å². The lowest BCUT2D eigenvalue weighted by atomic mass is 10.2. The summed E-state index contributed by atoms with van der Waals surface area (Å²) >= 11 is 0. The van der Waals surface area contributed by atoms with Crippen molar-refractivity contribution in [2.45, 2.75) is 12.8 Å². The number of nitrogens with zero attached hydrogens (tertiary/aromatic N) is 1. The molecule has 0 aromatic heterocycles. The molecule has 1 aromatic carbocycles. The lowest BCUT2D eigenvalue weighted by Gasteiger charge is -2.10. The Morgan fingerprint density at radius 1 is 0.955 bits per heavy atom. The van der Waals surface area contributed by atoms with Gasteiger partial charge in [-0.1, -0.05) is 0 Å². The largest absolute Gasteiger partial charge is 0.330 e. The Morgan fingerprint density at radius 3 is 1.73 bits per heavy atom. The Hall–Kier alpha value is -1.34. The van der Waals surface area contributed by atoms with Crippen molar-refractivity contribution in [3.8, 4) is 0 Å². The van der Waals surface area contributed by atoms with Crippen LogP contribution in [0.3, 0.4) is 0 Å². The van der Waals surface area contributed by atoms with Gasteiger partial charge in [-0.2, -0.15) is 0 Å². The maximum Gasteiger partial charge on any atom is 0.225 e. The predicted molar refractivity (Wildman–Crippen MR) is 95.0 cm³/mol. The quantitative estimate of drug-likeness (QED) is 0.698. The normalized spacial score (nSPS) is 9.45. The van der Waals surface area contributed by atoms with Gasteiger partial charge in [-0.15, -0.1) is 24.8 Å². The Kier molecular flexibility index (Phi) is 12.7. The molecule has 0 fully saturated rings. The van der Waals surface area contributed by atoms with Crippen molar-refractivity contribution in [1.82, 2.24) is 4.90 Å². The van der Waals surface area contributed by atoms with Gasteiger partial charge in [0.1, 0.15) is 0 Å². The van der Waals surface area contributed by atoms with Crippen molar-refractivity contribution in [2.75, 3.05) is 37.8 Å². The fourth-order valence-corrected chi connectivity index (χ4v) is 1.54. The number of nitrogens with two attached hydrogens (primary N) is 1. The summed E-state index contributed by atoms with van der Waals surface area (Å²) in [4.78, 5) is 25.0. The molecule has 0 atom stereocenters. The van der Waals surface area contributed by atoms with Crippen LogP contribution in [0.4, 0.5) is 11.4 Å². The second-order valence-electron chi connectivity index (χ2n) is 4.77. The van der Waals surface area contributed by atoms with Gasteiger partial charge in [-0.05, 0) is 38.4 Å². The fourth-order valence-electron chi connectivity index (χ4n) is 1.54. The summed E-state index contributed by atoms with van der Waals surface area (Å²) in [5.41, 5.74) is 6.70. The molecular weight excluding hydrogens is 327 g/mol. The third-order valence-electron chi connectivity index (χ3n) is 2.61. The number of hydrogen-bond donors (Lipinski definition) is 3. The highest BCUT2D eigenvalue weighted by Gasteiger charge is 2.04. The smallest absolute Gasteiger partial charge is 0.225 e. The molecule has 0 radical (unpaired) electrons. The van der Waals surface area contributed by atoms with Crippen molar-refractivity contribution in [3.63, 3.8) is 0 Å². The van der Waals surface area contributed by atoms with Crippen LogP contribution in [0.2, 0.25) is 0 Å². The van der Waals surface area contributed by atoms with E-state index in [-0.39, 0.29) is 36.6 Å². The van der Waals surface area contributed by atoms with E-state index in [1.165, 1.54) is 0 Å². The van der Waals surface area contributed by atoms with Crippen LogP contribution >= 0.6 is 24.8 Å². The van der Waals surface area contributed by atoms with Crippen molar-refractivity contribution in [3.05, 3.63) is 24.3 Å². The molecule has 0 bridgehead atoms. The standard InChI is InChI=1S/C14H22N4O2.2ClH/c1-18(2)10-8-14(20)17-12-5-3-11(4-6-12)16-13(19)7-9-15;;/h3-6H,7-10,15H2,1-2H3,(H,16,19)(H,17,20);2*1H. The highest BCUT2D eigenvalue weighted by Crippen LogP contribution is 2.14. The molecule has 0 spiro atoms. The van der Waals surface area contributed by atoms with Crippen LogP contribution in [0.15, 0.2) is 24.3 Å². The number of carbonyl (C=O) groups excluding carboxylic acids is 2. The van der Waals surface area contributed by atoms with Gasteiger partial charge < -0.3 is 21.3 Å². The number of hydrogen-bond acceptors (Lipinski definition) is 4. The molecule has 126 valence electrons. The van der Waals surface area contributed by atoms with Gasteiger partial charge in [0.15, 0.2) is 0 Å². The number of anilines is 2. The molecule has 6 nitrogen and oxygen atoms in total. The molecule has 0 unspecified atom stereocenters. The van der Waals surface area contributed by atoms with Gasteiger partial charge >= 0.3 is 0 Å². The zero-order valence-electron chi connectivity index (χ0n) is 12.8. The number of benzene rings is 1. The highest BCUT2D eigenvalue weighted by atomic mass is 35.5. The average Bonchev–Trinajstić information content (AvgIpc) is 2.39. The van der Waals surface area contributed by atoms with E-state index in [4.69, 9.17) is 5.73 Å². The first kappa shape index (κ1) is 22.9. The Bertz CT molecular complexity index is 453. The summed E-state index contributed by atoms with van der Waals surface area (Å²) in [6.45, 7) is 1.03. The molecular formula is C14H24Cl2N4O2. The first-order valence-electron chi connectivity index (χ1n) is 6.56. The summed E-state index contributed by atoms with van der Waals surface area (Å²) in [5.74, 6) is -0.145. The van der Waals surface area contributed by atoms with Crippen LogP contribution in [-0.4, -0.2) is 43.9 Å². The second kappa shape index (κ2) is 12.2. The van der Waals surface area contributed by atoms with Gasteiger partial charge in [0.25, 0.3) is 0 Å². The van der Waals surface area contributed by atoms with Gasteiger partial charge in [0.2, 0.25) is 11.8 Å². The molecule has 4 N–H and O–H groups in total. The fraction of sp³-hybridized carbons (Fsp3) is 0.429. The molecule has 0 saturated heterocycles. The van der Waals surface area contributed by atoms with Crippen molar-refractivity contribution in [2.24, 2.45) is 5.73 Å². The van der Waals surface area contributed by atoms with E-state index in [0.717, 1.165) is 0 Å². The maximum absolute atomic E-state index is 11.6. The zero-order valence-corrected chi connectivity index (χ0v) is 14.4. The first-order valence-corrected chi connectivity index (χ1v) is 6.56. The molecule has 0 saturated carbocycles. The lowest BCUT2D eigenvalue weighted by molar-refractivity contribution is -0.117. The van der Waals surface area contributed by atoms with Crippen molar-refractivity contribution >= 4 is 48.0 Å². The third kappa shape index (κ3) is 9.57. The number of nitrogens with one attached hydrogen (secondary N) is 2. The molecule has 2 amide bonds. The highest BCUT2D eigenvalue weighted by molar-refractivity contribution is 5.93. The first-order chi connectivity index (χ1) is 9.51. The minimum atomic E-state index is -0.115. The summed E-state index contributed by atoms with van der Waals surface area (Å²) in [6.07, 6.45) is 0.741. The third-order valence-corrected chi connectivity index (χ3v) is 2.61. The minimum absolute atomic E-state index is 0. The predicted octanol–water partition coefficient (Wildman–Crippen LogP) is 1.71. The molecule has 0 aliphatic heterocycles. The van der Waals surface area contributed by atoms with E-state index in [1.54, 1.807) is 24.3 Å². The maximum atomic E-state index is 11.6. The topological polar surface area (TPSA) is 87.5 Å². The number of amides is 2. The molecule has 0 aliphatic rings. The van der Waals surface area contributed by atoms with E-state index >= 15 is 0 Å². The van der Waals surface area contributed by atoms with Gasteiger partial charge in [0, 0.05) is 37.3 Å². The van der Waals surface area contributed by atoms with E-state index in [9.17, 15) is 9.59 Å². The van der Waals surface area contributed by atoms with Crippen LogP contribution in [-0.2, 0) is 9.59 Å². The van der Waals surface area contributed by atoms with Gasteiger partial charge in [-0.3, -0.25) is 9.59 Å². The summed E-state index contributed by atoms with van der Waals surface area (Å²) in [5, 5.41) is 5.53. The van der Waals surface area contributed by atoms with Crippen LogP contribution < -0.4 is 16.4 Å². The second-order valence-corrected chi connectivity index (χ2v) is 4.77. The summed E-state index contributed by atoms with van der Waals surface area (Å²) in [6, 6.07) is 7.00. The molecule has 1 rings (SSSR count). The monoisotopic (exact) mass is 350 g/mol. The number of halogens is 2. The molecule has 8 heteroatoms. The molecule has 0 aliphatic carbocycles. The summed E-state index contributed by atoms with van der Waals surface area (Å²) in [7, 11) is 3.85. The minimum Gasteiger partial charge on any atom is -0.330 e. The van der Waals surface area contributed by atoms with Crippen LogP contribution in [0.1, 0.15) is 12.8 Å². The zero-order chi connectivity index (χ0) is 15.0. The van der Waals surface area contributed by atoms with E-state index < -0.39 is 0 Å². The molecule has 1 aromatic rings. The lowest BCUT2D eigenvalue weighted by Crippen LogP contribution is -2.20. The number of rotatable bonds is 7. The number of carbonyl (C=O) groups is 2. The Morgan fingerprint density at radius 2 is 1.36 bits per heavy atom. The molecule has 22 heavy (non-hydrogen) atoms. The van der Waals surface area contributed by atoms with Crippen LogP contribution in [0, 0.1) is 0 Å². The van der Waals surface area contributed by atoms with Crippen LogP contribution in [0.5, 0.6) is 0 Å². The van der Waals surface area contributed by atoms with Crippen LogP contribution in [0.25, 0.3) is 0 Å². The van der Waals surface area contributed by atoms with Gasteiger partial charge in [0.05, 0.1) is 0 Å². The SMILES string of the molecule is CN(C)CCC(=O)Nc1ccc(NC(=O)CCN)cc1.Cl.Cl. The van der Waals surface area contributed by atoms with E-state index in [0.29, 0.717) is 37.3 Å². The average molecular weight is 351 g/mol. The Labute approximate surface area is 143 Å². The van der Waals surface area contributed by atoms with E-state index in [2.05, 4.69) is 10.6 Å². The summed E-state index contributed by atoms with van der Waals surface area (Å²) < 4.78 is 0. The van der Waals surface area contributed by atoms with E-state index in [1.807, 2.05) is 19.0 Å². The molecule has 0 heterocycles. The van der Waals surface area contributed by atoms with Crippen molar-refractivity contribution in [1.29, 1.82) is 0 Å². The van der Waals surface area contributed by atoms with Crippen molar-refractivity contribution < 1.29 is 9.59 Å².